The van der Waals surface area contributed by atoms with E-state index in [1.165, 1.54) is 25.7 Å². The Hall–Kier alpha value is -0.890. The number of aliphatic hydroxyl groups excluding tert-OH is 1. The van der Waals surface area contributed by atoms with E-state index in [1.54, 1.807) is 11.1 Å². The van der Waals surface area contributed by atoms with E-state index in [-0.39, 0.29) is 22.9 Å². The number of hydrogen-bond acceptors (Lipinski definition) is 2. The van der Waals surface area contributed by atoms with E-state index >= 15 is 0 Å². The number of rotatable bonds is 5. The van der Waals surface area contributed by atoms with Crippen LogP contribution in [0, 0.1) is 45.8 Å². The van der Waals surface area contributed by atoms with Crippen molar-refractivity contribution in [2.24, 2.45) is 45.8 Å². The Morgan fingerprint density at radius 3 is 2.45 bits per heavy atom. The number of aliphatic hydroxyl groups is 1. The zero-order valence-electron chi connectivity index (χ0n) is 21.1. The molecule has 0 aliphatic heterocycles. The highest BCUT2D eigenvalue weighted by Crippen LogP contribution is 2.66. The van der Waals surface area contributed by atoms with Crippen LogP contribution in [-0.4, -0.2) is 17.0 Å². The first-order chi connectivity index (χ1) is 14.4. The molecular weight excluding hydrogens is 380 g/mol. The van der Waals surface area contributed by atoms with Crippen molar-refractivity contribution in [3.8, 4) is 0 Å². The first-order valence-electron chi connectivity index (χ1n) is 13.0. The third-order valence-corrected chi connectivity index (χ3v) is 10.6. The molecular formula is C29H46O2. The van der Waals surface area contributed by atoms with Crippen molar-refractivity contribution in [2.75, 3.05) is 0 Å². The molecule has 0 saturated heterocycles. The number of fused-ring (bicyclic) bond motifs is 4. The minimum atomic E-state index is -0.160. The van der Waals surface area contributed by atoms with E-state index in [0.29, 0.717) is 34.9 Å². The summed E-state index contributed by atoms with van der Waals surface area (Å²) in [5.41, 5.74) is 4.10. The van der Waals surface area contributed by atoms with Gasteiger partial charge in [-0.3, -0.25) is 4.79 Å². The zero-order chi connectivity index (χ0) is 22.8. The predicted octanol–water partition coefficient (Wildman–Crippen LogP) is 7.12. The van der Waals surface area contributed by atoms with Crippen molar-refractivity contribution in [1.82, 2.24) is 0 Å². The molecule has 0 bridgehead atoms. The highest BCUT2D eigenvalue weighted by atomic mass is 16.3. The first kappa shape index (κ1) is 23.3. The molecule has 31 heavy (non-hydrogen) atoms. The van der Waals surface area contributed by atoms with Gasteiger partial charge in [0.15, 0.2) is 0 Å². The number of carbonyl (C=O) groups is 1. The molecule has 4 aliphatic rings. The van der Waals surface area contributed by atoms with Crippen molar-refractivity contribution < 1.29 is 9.90 Å². The number of carbonyl (C=O) groups excluding carboxylic acids is 1. The molecule has 174 valence electrons. The average Bonchev–Trinajstić information content (AvgIpc) is 3.06. The summed E-state index contributed by atoms with van der Waals surface area (Å²) >= 11 is 0. The van der Waals surface area contributed by atoms with Gasteiger partial charge in [0.05, 0.1) is 6.10 Å². The first-order valence-corrected chi connectivity index (χ1v) is 13.0. The molecule has 0 amide bonds. The second-order valence-corrected chi connectivity index (χ2v) is 12.9. The molecule has 2 heteroatoms. The van der Waals surface area contributed by atoms with Crippen LogP contribution in [0.5, 0.6) is 0 Å². The van der Waals surface area contributed by atoms with Gasteiger partial charge in [0.25, 0.3) is 0 Å². The fourth-order valence-electron chi connectivity index (χ4n) is 8.48. The summed E-state index contributed by atoms with van der Waals surface area (Å²) < 4.78 is 0. The fourth-order valence-corrected chi connectivity index (χ4v) is 8.48. The number of ketones is 1. The molecule has 0 unspecified atom stereocenters. The van der Waals surface area contributed by atoms with E-state index in [0.717, 1.165) is 25.7 Å². The van der Waals surface area contributed by atoms with Gasteiger partial charge in [0, 0.05) is 18.3 Å². The summed E-state index contributed by atoms with van der Waals surface area (Å²) in [5.74, 6) is 2.89. The van der Waals surface area contributed by atoms with Gasteiger partial charge in [-0.05, 0) is 78.9 Å². The van der Waals surface area contributed by atoms with Crippen molar-refractivity contribution in [1.29, 1.82) is 0 Å². The minimum Gasteiger partial charge on any atom is -0.393 e. The third kappa shape index (κ3) is 3.51. The van der Waals surface area contributed by atoms with Gasteiger partial charge in [0.2, 0.25) is 0 Å². The van der Waals surface area contributed by atoms with Crippen molar-refractivity contribution >= 4 is 5.78 Å². The molecule has 7 atom stereocenters. The summed E-state index contributed by atoms with van der Waals surface area (Å²) in [4.78, 5) is 12.2. The molecule has 0 radical (unpaired) electrons. The van der Waals surface area contributed by atoms with E-state index in [9.17, 15) is 9.90 Å². The Morgan fingerprint density at radius 1 is 1.06 bits per heavy atom. The summed E-state index contributed by atoms with van der Waals surface area (Å²) in [7, 11) is 0. The van der Waals surface area contributed by atoms with Crippen LogP contribution in [0.2, 0.25) is 0 Å². The molecule has 4 rings (SSSR count). The smallest absolute Gasteiger partial charge is 0.135 e. The summed E-state index contributed by atoms with van der Waals surface area (Å²) in [5, 5.41) is 10.7. The highest BCUT2D eigenvalue weighted by Gasteiger charge is 2.58. The SMILES string of the molecule is CC(C)C(=O)CC[C@@H](C)[C@H]1C=C[C@H]2C3=C(CC[C@]12C)[C@@]1(C)CC[C@H](O)C(C)(C)[C@@H]1CC3. The Balaban J connectivity index is 1.57. The van der Waals surface area contributed by atoms with Crippen molar-refractivity contribution in [3.05, 3.63) is 23.3 Å². The molecule has 0 aromatic heterocycles. The van der Waals surface area contributed by atoms with Gasteiger partial charge in [-0.25, -0.2) is 0 Å². The maximum Gasteiger partial charge on any atom is 0.135 e. The van der Waals surface area contributed by atoms with E-state index in [1.807, 2.05) is 13.8 Å². The van der Waals surface area contributed by atoms with Crippen molar-refractivity contribution in [3.63, 3.8) is 0 Å². The fraction of sp³-hybridized carbons (Fsp3) is 0.828. The Bertz CT molecular complexity index is 787. The van der Waals surface area contributed by atoms with Crippen LogP contribution in [0.1, 0.15) is 99.8 Å². The number of Topliss-reactive ketones (excluding diaryl/α,β-unsaturated/α-hetero) is 1. The quantitative estimate of drug-likeness (QED) is 0.475. The third-order valence-electron chi connectivity index (χ3n) is 10.6. The summed E-state index contributed by atoms with van der Waals surface area (Å²) in [6, 6.07) is 0. The normalized spacial score (nSPS) is 42.2. The molecule has 1 N–H and O–H groups in total. The van der Waals surface area contributed by atoms with Crippen LogP contribution in [0.3, 0.4) is 0 Å². The van der Waals surface area contributed by atoms with Gasteiger partial charge < -0.3 is 5.11 Å². The van der Waals surface area contributed by atoms with Gasteiger partial charge in [0.1, 0.15) is 5.78 Å². The maximum atomic E-state index is 12.2. The maximum absolute atomic E-state index is 12.2. The van der Waals surface area contributed by atoms with Gasteiger partial charge in [-0.15, -0.1) is 0 Å². The van der Waals surface area contributed by atoms with Crippen LogP contribution in [0.15, 0.2) is 23.3 Å². The van der Waals surface area contributed by atoms with E-state index in [2.05, 4.69) is 46.8 Å². The minimum absolute atomic E-state index is 0.0117. The van der Waals surface area contributed by atoms with E-state index in [4.69, 9.17) is 0 Å². The van der Waals surface area contributed by atoms with Gasteiger partial charge in [-0.1, -0.05) is 71.8 Å². The van der Waals surface area contributed by atoms with Crippen LogP contribution < -0.4 is 0 Å². The van der Waals surface area contributed by atoms with Gasteiger partial charge in [-0.2, -0.15) is 0 Å². The topological polar surface area (TPSA) is 37.3 Å². The lowest BCUT2D eigenvalue weighted by molar-refractivity contribution is -0.122. The molecule has 0 aromatic rings. The van der Waals surface area contributed by atoms with Crippen LogP contribution in [0.4, 0.5) is 0 Å². The summed E-state index contributed by atoms with van der Waals surface area (Å²) in [6.07, 6.45) is 13.7. The summed E-state index contributed by atoms with van der Waals surface area (Å²) in [6.45, 7) is 16.1. The second-order valence-electron chi connectivity index (χ2n) is 12.9. The van der Waals surface area contributed by atoms with Crippen LogP contribution in [0.25, 0.3) is 0 Å². The number of hydrogen-bond donors (Lipinski definition) is 1. The van der Waals surface area contributed by atoms with Crippen LogP contribution in [-0.2, 0) is 4.79 Å². The molecule has 0 spiro atoms. The molecule has 4 aliphatic carbocycles. The lowest BCUT2D eigenvalue weighted by Crippen LogP contribution is -2.53. The highest BCUT2D eigenvalue weighted by molar-refractivity contribution is 5.80. The number of allylic oxidation sites excluding steroid dienone is 4. The lowest BCUT2D eigenvalue weighted by Gasteiger charge is -2.60. The Morgan fingerprint density at radius 2 is 1.77 bits per heavy atom. The van der Waals surface area contributed by atoms with Crippen molar-refractivity contribution in [2.45, 2.75) is 106 Å². The second kappa shape index (κ2) is 7.86. The largest absolute Gasteiger partial charge is 0.393 e. The average molecular weight is 427 g/mol. The molecule has 2 nitrogen and oxygen atoms in total. The Kier molecular flexibility index (Phi) is 5.90. The molecule has 0 aromatic carbocycles. The monoisotopic (exact) mass is 426 g/mol. The van der Waals surface area contributed by atoms with E-state index < -0.39 is 0 Å². The molecule has 1 saturated carbocycles. The predicted molar refractivity (Wildman–Crippen MR) is 129 cm³/mol. The lowest BCUT2D eigenvalue weighted by atomic mass is 9.45. The standard InChI is InChI=1S/C29H46O2/c1-18(2)24(30)12-8-19(3)21-10-11-22-20-9-13-25-27(4,5)26(31)15-17-29(25,7)23(20)14-16-28(21,22)6/h10-11,18-19,21-22,25-26,31H,8-9,12-17H2,1-7H3/t19-,21-,22+,25+,26+,28-,29-/m1/s1. The van der Waals surface area contributed by atoms with Crippen LogP contribution >= 0.6 is 0 Å². The van der Waals surface area contributed by atoms with Gasteiger partial charge >= 0.3 is 0 Å². The molecule has 1 fully saturated rings. The zero-order valence-corrected chi connectivity index (χ0v) is 21.1. The molecule has 0 heterocycles. The Labute approximate surface area is 191 Å².